The highest BCUT2D eigenvalue weighted by Gasteiger charge is 2.25. The molecule has 0 saturated heterocycles. The molecule has 0 aromatic rings. The van der Waals surface area contributed by atoms with Crippen molar-refractivity contribution in [3.8, 4) is 0 Å². The minimum absolute atomic E-state index is 0.0386. The van der Waals surface area contributed by atoms with Crippen LogP contribution in [0.2, 0.25) is 0 Å². The molecule has 1 aliphatic carbocycles. The smallest absolute Gasteiger partial charge is 0.00973 e. The first-order valence-corrected chi connectivity index (χ1v) is 7.58. The van der Waals surface area contributed by atoms with Gasteiger partial charge in [-0.1, -0.05) is 51.0 Å². The van der Waals surface area contributed by atoms with Crippen molar-refractivity contribution in [1.29, 1.82) is 0 Å². The molecule has 104 valence electrons. The first-order valence-electron chi connectivity index (χ1n) is 7.58. The summed E-state index contributed by atoms with van der Waals surface area (Å²) >= 11 is 0. The normalized spacial score (nSPS) is 19.4. The molecule has 1 heteroatoms. The molecule has 0 amide bonds. The van der Waals surface area contributed by atoms with E-state index in [-0.39, 0.29) is 5.54 Å². The van der Waals surface area contributed by atoms with E-state index in [1.807, 2.05) is 0 Å². The van der Waals surface area contributed by atoms with Crippen LogP contribution in [0.1, 0.15) is 66.2 Å². The lowest BCUT2D eigenvalue weighted by molar-refractivity contribution is 0.386. The van der Waals surface area contributed by atoms with Crippen LogP contribution >= 0.6 is 0 Å². The highest BCUT2D eigenvalue weighted by molar-refractivity contribution is 5.20. The van der Waals surface area contributed by atoms with Gasteiger partial charge in [-0.25, -0.2) is 0 Å². The fraction of sp³-hybridized carbons (Fsp3) is 0.765. The van der Waals surface area contributed by atoms with Gasteiger partial charge in [-0.2, -0.15) is 0 Å². The Morgan fingerprint density at radius 1 is 1.06 bits per heavy atom. The maximum Gasteiger partial charge on any atom is 0.00973 e. The van der Waals surface area contributed by atoms with Crippen molar-refractivity contribution in [3.63, 3.8) is 0 Å². The second kappa shape index (κ2) is 6.56. The zero-order chi connectivity index (χ0) is 13.6. The number of rotatable bonds is 7. The maximum absolute atomic E-state index is 6.05. The van der Waals surface area contributed by atoms with Crippen molar-refractivity contribution in [1.82, 2.24) is 0 Å². The quantitative estimate of drug-likeness (QED) is 0.642. The van der Waals surface area contributed by atoms with E-state index >= 15 is 0 Å². The van der Waals surface area contributed by atoms with E-state index < -0.39 is 0 Å². The van der Waals surface area contributed by atoms with Crippen LogP contribution in [-0.2, 0) is 0 Å². The molecule has 0 aliphatic heterocycles. The number of hydrogen-bond acceptors (Lipinski definition) is 1. The van der Waals surface area contributed by atoms with Crippen LogP contribution in [0.5, 0.6) is 0 Å². The van der Waals surface area contributed by atoms with Gasteiger partial charge in [0.15, 0.2) is 0 Å². The molecular weight excluding hydrogens is 218 g/mol. The first-order chi connectivity index (χ1) is 8.41. The lowest BCUT2D eigenvalue weighted by atomic mass is 9.74. The van der Waals surface area contributed by atoms with E-state index in [0.717, 1.165) is 6.42 Å². The molecule has 0 spiro atoms. The molecule has 0 aromatic heterocycles. The topological polar surface area (TPSA) is 26.0 Å². The van der Waals surface area contributed by atoms with Gasteiger partial charge in [-0.05, 0) is 45.4 Å². The van der Waals surface area contributed by atoms with Gasteiger partial charge in [0.25, 0.3) is 0 Å². The lowest BCUT2D eigenvalue weighted by Gasteiger charge is -2.31. The molecule has 0 heterocycles. The van der Waals surface area contributed by atoms with E-state index in [1.54, 1.807) is 0 Å². The Morgan fingerprint density at radius 3 is 1.94 bits per heavy atom. The number of hydrogen-bond donors (Lipinski definition) is 1. The average Bonchev–Trinajstić information content (AvgIpc) is 2.28. The molecule has 0 aromatic carbocycles. The zero-order valence-electron chi connectivity index (χ0n) is 12.7. The third-order valence-corrected chi connectivity index (χ3v) is 3.90. The molecule has 0 atom stereocenters. The van der Waals surface area contributed by atoms with Gasteiger partial charge in [0, 0.05) is 11.0 Å². The molecule has 1 aliphatic rings. The molecular formula is C17H31N. The van der Waals surface area contributed by atoms with Gasteiger partial charge in [0.1, 0.15) is 0 Å². The van der Waals surface area contributed by atoms with Crippen molar-refractivity contribution in [3.05, 3.63) is 24.3 Å². The van der Waals surface area contributed by atoms with Crippen LogP contribution in [0.4, 0.5) is 0 Å². The third kappa shape index (κ3) is 4.97. The van der Waals surface area contributed by atoms with Gasteiger partial charge in [-0.15, -0.1) is 0 Å². The van der Waals surface area contributed by atoms with Crippen LogP contribution < -0.4 is 5.73 Å². The second-order valence-corrected chi connectivity index (χ2v) is 6.64. The van der Waals surface area contributed by atoms with Gasteiger partial charge in [-0.3, -0.25) is 0 Å². The van der Waals surface area contributed by atoms with E-state index in [2.05, 4.69) is 52.0 Å². The number of allylic oxidation sites excluding steroid dienone is 4. The summed E-state index contributed by atoms with van der Waals surface area (Å²) in [5.74, 6) is 0.592. The lowest BCUT2D eigenvalue weighted by Crippen LogP contribution is -2.32. The molecule has 0 fully saturated rings. The summed E-state index contributed by atoms with van der Waals surface area (Å²) < 4.78 is 0. The fourth-order valence-electron chi connectivity index (χ4n) is 2.87. The summed E-state index contributed by atoms with van der Waals surface area (Å²) in [6.07, 6.45) is 17.1. The summed E-state index contributed by atoms with van der Waals surface area (Å²) in [5.41, 5.74) is 6.36. The zero-order valence-corrected chi connectivity index (χ0v) is 12.7. The summed E-state index contributed by atoms with van der Waals surface area (Å²) in [6, 6.07) is 0. The highest BCUT2D eigenvalue weighted by atomic mass is 14.7. The van der Waals surface area contributed by atoms with E-state index in [0.29, 0.717) is 11.3 Å². The Bertz CT molecular complexity index is 271. The molecule has 0 radical (unpaired) electrons. The Labute approximate surface area is 114 Å². The van der Waals surface area contributed by atoms with Gasteiger partial charge in [0.2, 0.25) is 0 Å². The second-order valence-electron chi connectivity index (χ2n) is 6.64. The Hall–Kier alpha value is -0.560. The Morgan fingerprint density at radius 2 is 1.56 bits per heavy atom. The SMILES string of the molecule is CCCC1(CCC)C=CC(CCC(C)(C)N)C=C1. The van der Waals surface area contributed by atoms with Crippen LogP contribution in [0.3, 0.4) is 0 Å². The van der Waals surface area contributed by atoms with Gasteiger partial charge < -0.3 is 5.73 Å². The monoisotopic (exact) mass is 249 g/mol. The van der Waals surface area contributed by atoms with Gasteiger partial charge >= 0.3 is 0 Å². The summed E-state index contributed by atoms with van der Waals surface area (Å²) in [5, 5.41) is 0. The molecule has 2 N–H and O–H groups in total. The van der Waals surface area contributed by atoms with Crippen molar-refractivity contribution >= 4 is 0 Å². The standard InChI is InChI=1S/C17H31N/c1-5-10-17(11-6-2)13-8-15(9-14-17)7-12-16(3,4)18/h8-9,13-15H,5-7,10-12,18H2,1-4H3. The fourth-order valence-corrected chi connectivity index (χ4v) is 2.87. The maximum atomic E-state index is 6.05. The van der Waals surface area contributed by atoms with Crippen LogP contribution in [0, 0.1) is 11.3 Å². The first kappa shape index (κ1) is 15.5. The Kier molecular flexibility index (Phi) is 5.65. The molecule has 0 unspecified atom stereocenters. The van der Waals surface area contributed by atoms with E-state index in [1.165, 1.54) is 32.1 Å². The van der Waals surface area contributed by atoms with Crippen LogP contribution in [-0.4, -0.2) is 5.54 Å². The van der Waals surface area contributed by atoms with Crippen LogP contribution in [0.25, 0.3) is 0 Å². The summed E-state index contributed by atoms with van der Waals surface area (Å²) in [7, 11) is 0. The molecule has 18 heavy (non-hydrogen) atoms. The molecule has 0 bridgehead atoms. The van der Waals surface area contributed by atoms with E-state index in [4.69, 9.17) is 5.73 Å². The summed E-state index contributed by atoms with van der Waals surface area (Å²) in [6.45, 7) is 8.79. The molecule has 0 saturated carbocycles. The van der Waals surface area contributed by atoms with Crippen molar-refractivity contribution in [2.75, 3.05) is 0 Å². The van der Waals surface area contributed by atoms with Crippen molar-refractivity contribution in [2.45, 2.75) is 71.8 Å². The molecule has 1 nitrogen and oxygen atoms in total. The van der Waals surface area contributed by atoms with Gasteiger partial charge in [0.05, 0.1) is 0 Å². The minimum atomic E-state index is -0.0386. The predicted molar refractivity (Wildman–Crippen MR) is 81.5 cm³/mol. The summed E-state index contributed by atoms with van der Waals surface area (Å²) in [4.78, 5) is 0. The Balaban J connectivity index is 2.55. The third-order valence-electron chi connectivity index (χ3n) is 3.90. The van der Waals surface area contributed by atoms with Crippen LogP contribution in [0.15, 0.2) is 24.3 Å². The largest absolute Gasteiger partial charge is 0.326 e. The van der Waals surface area contributed by atoms with Crippen molar-refractivity contribution < 1.29 is 0 Å². The molecule has 1 rings (SSSR count). The van der Waals surface area contributed by atoms with E-state index in [9.17, 15) is 0 Å². The van der Waals surface area contributed by atoms with Crippen molar-refractivity contribution in [2.24, 2.45) is 17.1 Å². The minimum Gasteiger partial charge on any atom is -0.326 e. The number of nitrogens with two attached hydrogens (primary N) is 1. The predicted octanol–water partition coefficient (Wildman–Crippen LogP) is 4.83. The average molecular weight is 249 g/mol. The highest BCUT2D eigenvalue weighted by Crippen LogP contribution is 2.37.